The van der Waals surface area contributed by atoms with Gasteiger partial charge in [0.2, 0.25) is 0 Å². The summed E-state index contributed by atoms with van der Waals surface area (Å²) in [6, 6.07) is 6.65. The summed E-state index contributed by atoms with van der Waals surface area (Å²) in [5, 5.41) is 15.1. The summed E-state index contributed by atoms with van der Waals surface area (Å²) in [5.41, 5.74) is 0. The van der Waals surface area contributed by atoms with E-state index in [2.05, 4.69) is 55.6 Å². The fraction of sp³-hybridized carbons (Fsp3) is 0.619. The molecule has 0 radical (unpaired) electrons. The first kappa shape index (κ1) is 19.8. The average Bonchev–Trinajstić information content (AvgIpc) is 2.75. The van der Waals surface area contributed by atoms with Crippen molar-refractivity contribution in [2.75, 3.05) is 35.2 Å². The van der Waals surface area contributed by atoms with Crippen molar-refractivity contribution in [3.05, 3.63) is 30.7 Å². The van der Waals surface area contributed by atoms with Gasteiger partial charge in [0, 0.05) is 38.0 Å². The average molecular weight is 398 g/mol. The van der Waals surface area contributed by atoms with Crippen LogP contribution in [0.2, 0.25) is 0 Å². The Morgan fingerprint density at radius 3 is 2.72 bits per heavy atom. The first-order valence-corrected chi connectivity index (χ1v) is 10.7. The number of nitrogens with zero attached hydrogens (tertiary/aromatic N) is 5. The Morgan fingerprint density at radius 1 is 1.10 bits per heavy atom. The largest absolute Gasteiger partial charge is 0.376 e. The van der Waals surface area contributed by atoms with E-state index in [1.165, 1.54) is 0 Å². The predicted molar refractivity (Wildman–Crippen MR) is 114 cm³/mol. The second kappa shape index (κ2) is 9.35. The predicted octanol–water partition coefficient (Wildman–Crippen LogP) is 2.96. The van der Waals surface area contributed by atoms with Gasteiger partial charge in [-0.25, -0.2) is 9.97 Å². The van der Waals surface area contributed by atoms with Crippen LogP contribution in [0.5, 0.6) is 0 Å². The molecule has 8 heteroatoms. The molecular weight excluding hydrogens is 366 g/mol. The first-order chi connectivity index (χ1) is 14.2. The lowest BCUT2D eigenvalue weighted by Gasteiger charge is -2.35. The van der Waals surface area contributed by atoms with Crippen LogP contribution in [0.3, 0.4) is 0 Å². The zero-order chi connectivity index (χ0) is 20.1. The minimum absolute atomic E-state index is 0.227. The van der Waals surface area contributed by atoms with Crippen LogP contribution in [0.1, 0.15) is 39.5 Å². The number of hydrogen-bond acceptors (Lipinski definition) is 8. The monoisotopic (exact) mass is 397 g/mol. The maximum absolute atomic E-state index is 6.00. The molecule has 2 aromatic heterocycles. The SMILES string of the molecule is CC(C)[C@@H]1OCCC[C@@H]1Nc1cc(N2CCC(Nc3cccnn3)CC2)ncn1. The zero-order valence-electron chi connectivity index (χ0n) is 17.3. The van der Waals surface area contributed by atoms with E-state index in [9.17, 15) is 0 Å². The molecule has 2 atom stereocenters. The van der Waals surface area contributed by atoms with Gasteiger partial charge in [0.15, 0.2) is 0 Å². The highest BCUT2D eigenvalue weighted by molar-refractivity contribution is 5.49. The molecule has 0 bridgehead atoms. The second-order valence-electron chi connectivity index (χ2n) is 8.25. The molecule has 4 rings (SSSR count). The molecule has 2 N–H and O–H groups in total. The van der Waals surface area contributed by atoms with Gasteiger partial charge in [0.25, 0.3) is 0 Å². The molecule has 4 heterocycles. The van der Waals surface area contributed by atoms with Gasteiger partial charge < -0.3 is 20.3 Å². The lowest BCUT2D eigenvalue weighted by Crippen LogP contribution is -2.43. The molecule has 2 aromatic rings. The minimum atomic E-state index is 0.227. The van der Waals surface area contributed by atoms with Crippen LogP contribution in [0.15, 0.2) is 30.7 Å². The molecule has 0 unspecified atom stereocenters. The smallest absolute Gasteiger partial charge is 0.148 e. The molecule has 2 fully saturated rings. The lowest BCUT2D eigenvalue weighted by molar-refractivity contribution is -0.0203. The summed E-state index contributed by atoms with van der Waals surface area (Å²) in [4.78, 5) is 11.3. The Bertz CT molecular complexity index is 765. The van der Waals surface area contributed by atoms with E-state index in [4.69, 9.17) is 4.74 Å². The molecule has 29 heavy (non-hydrogen) atoms. The maximum atomic E-state index is 6.00. The van der Waals surface area contributed by atoms with E-state index in [1.807, 2.05) is 12.1 Å². The van der Waals surface area contributed by atoms with Crippen molar-refractivity contribution < 1.29 is 4.74 Å². The quantitative estimate of drug-likeness (QED) is 0.769. The molecule has 8 nitrogen and oxygen atoms in total. The van der Waals surface area contributed by atoms with Gasteiger partial charge in [-0.1, -0.05) is 13.8 Å². The molecule has 2 aliphatic heterocycles. The van der Waals surface area contributed by atoms with Gasteiger partial charge in [-0.2, -0.15) is 5.10 Å². The third kappa shape index (κ3) is 5.12. The van der Waals surface area contributed by atoms with Gasteiger partial charge in [0.05, 0.1) is 12.1 Å². The Balaban J connectivity index is 1.34. The number of ether oxygens (including phenoxy) is 1. The molecular formula is C21H31N7O. The van der Waals surface area contributed by atoms with Crippen molar-refractivity contribution in [3.8, 4) is 0 Å². The third-order valence-electron chi connectivity index (χ3n) is 5.75. The number of aromatic nitrogens is 4. The Kier molecular flexibility index (Phi) is 6.39. The van der Waals surface area contributed by atoms with Crippen molar-refractivity contribution in [2.24, 2.45) is 5.92 Å². The first-order valence-electron chi connectivity index (χ1n) is 10.7. The fourth-order valence-corrected chi connectivity index (χ4v) is 4.24. The third-order valence-corrected chi connectivity index (χ3v) is 5.75. The van der Waals surface area contributed by atoms with E-state index in [-0.39, 0.29) is 6.10 Å². The van der Waals surface area contributed by atoms with Crippen LogP contribution in [0.25, 0.3) is 0 Å². The van der Waals surface area contributed by atoms with Crippen LogP contribution < -0.4 is 15.5 Å². The van der Waals surface area contributed by atoms with Crippen molar-refractivity contribution in [1.29, 1.82) is 0 Å². The molecule has 0 saturated carbocycles. The van der Waals surface area contributed by atoms with Crippen molar-refractivity contribution >= 4 is 17.5 Å². The van der Waals surface area contributed by atoms with Gasteiger partial charge in [-0.3, -0.25) is 0 Å². The summed E-state index contributed by atoms with van der Waals surface area (Å²) < 4.78 is 6.00. The van der Waals surface area contributed by atoms with E-state index >= 15 is 0 Å². The standard InChI is InChI=1S/C21H31N7O/c1-15(2)21-17(5-4-12-29-21)26-19-13-20(23-14-22-19)28-10-7-16(8-11-28)25-18-6-3-9-24-27-18/h3,6,9,13-17,21H,4-5,7-8,10-12H2,1-2H3,(H,25,27)(H,22,23,26)/t17-,21-/m0/s1. The minimum Gasteiger partial charge on any atom is -0.376 e. The number of hydrogen-bond donors (Lipinski definition) is 2. The molecule has 2 aliphatic rings. The van der Waals surface area contributed by atoms with Crippen LogP contribution in [-0.2, 0) is 4.74 Å². The van der Waals surface area contributed by atoms with E-state index in [1.54, 1.807) is 12.5 Å². The highest BCUT2D eigenvalue weighted by Crippen LogP contribution is 2.25. The number of rotatable bonds is 6. The van der Waals surface area contributed by atoms with Gasteiger partial charge in [-0.15, -0.1) is 5.10 Å². The molecule has 0 aromatic carbocycles. The van der Waals surface area contributed by atoms with Crippen LogP contribution >= 0.6 is 0 Å². The van der Waals surface area contributed by atoms with Gasteiger partial charge >= 0.3 is 0 Å². The summed E-state index contributed by atoms with van der Waals surface area (Å²) >= 11 is 0. The van der Waals surface area contributed by atoms with Crippen LogP contribution in [-0.4, -0.2) is 58.0 Å². The number of nitrogens with one attached hydrogen (secondary N) is 2. The Hall–Kier alpha value is -2.48. The number of piperidine rings is 1. The molecule has 2 saturated heterocycles. The molecule has 0 amide bonds. The van der Waals surface area contributed by atoms with Crippen molar-refractivity contribution in [2.45, 2.75) is 57.7 Å². The summed E-state index contributed by atoms with van der Waals surface area (Å²) in [7, 11) is 0. The van der Waals surface area contributed by atoms with Crippen LogP contribution in [0.4, 0.5) is 17.5 Å². The lowest BCUT2D eigenvalue weighted by atomic mass is 9.93. The van der Waals surface area contributed by atoms with Crippen molar-refractivity contribution in [3.63, 3.8) is 0 Å². The molecule has 0 aliphatic carbocycles. The van der Waals surface area contributed by atoms with E-state index in [0.29, 0.717) is 18.0 Å². The highest BCUT2D eigenvalue weighted by atomic mass is 16.5. The Labute approximate surface area is 172 Å². The second-order valence-corrected chi connectivity index (χ2v) is 8.25. The van der Waals surface area contributed by atoms with Crippen molar-refractivity contribution in [1.82, 2.24) is 20.2 Å². The normalized spacial score (nSPS) is 23.2. The zero-order valence-corrected chi connectivity index (χ0v) is 17.3. The van der Waals surface area contributed by atoms with Gasteiger partial charge in [0.1, 0.15) is 23.8 Å². The van der Waals surface area contributed by atoms with E-state index < -0.39 is 0 Å². The topological polar surface area (TPSA) is 88.1 Å². The Morgan fingerprint density at radius 2 is 1.97 bits per heavy atom. The van der Waals surface area contributed by atoms with E-state index in [0.717, 1.165) is 62.8 Å². The molecule has 0 spiro atoms. The number of anilines is 3. The highest BCUT2D eigenvalue weighted by Gasteiger charge is 2.29. The molecule has 156 valence electrons. The van der Waals surface area contributed by atoms with Gasteiger partial charge in [-0.05, 0) is 43.7 Å². The summed E-state index contributed by atoms with van der Waals surface area (Å²) in [5.74, 6) is 3.19. The summed E-state index contributed by atoms with van der Waals surface area (Å²) in [6.45, 7) is 7.20. The maximum Gasteiger partial charge on any atom is 0.148 e. The summed E-state index contributed by atoms with van der Waals surface area (Å²) in [6.07, 6.45) is 7.86. The fourth-order valence-electron chi connectivity index (χ4n) is 4.24. The van der Waals surface area contributed by atoms with Crippen LogP contribution in [0, 0.1) is 5.92 Å².